The molecule has 17 aliphatic rings. The number of rotatable bonds is 1. The van der Waals surface area contributed by atoms with Crippen LogP contribution in [0.2, 0.25) is 0 Å². The quantitative estimate of drug-likeness (QED) is 0.289. The third-order valence-electron chi connectivity index (χ3n) is 19.7. The van der Waals surface area contributed by atoms with Gasteiger partial charge in [-0.3, -0.25) is 9.59 Å². The number of carbonyl (C=O) groups excluding carboxylic acids is 2. The number of hydrogen-bond donors (Lipinski definition) is 4. The molecule has 9 aliphatic heterocycles. The first-order valence-corrected chi connectivity index (χ1v) is 21.1. The molecule has 14 bridgehead atoms. The van der Waals surface area contributed by atoms with E-state index < -0.39 is 111 Å². The van der Waals surface area contributed by atoms with Crippen molar-refractivity contribution < 1.29 is 58.4 Å². The van der Waals surface area contributed by atoms with Crippen LogP contribution in [0.1, 0.15) is 105 Å². The van der Waals surface area contributed by atoms with E-state index in [4.69, 9.17) is 28.4 Å². The Hall–Kier alpha value is -1.64. The van der Waals surface area contributed by atoms with Gasteiger partial charge in [-0.1, -0.05) is 40.5 Å². The Balaban J connectivity index is 1.01. The van der Waals surface area contributed by atoms with Crippen LogP contribution in [0.4, 0.5) is 0 Å². The maximum absolute atomic E-state index is 16.2. The molecule has 4 N–H and O–H groups in total. The van der Waals surface area contributed by atoms with Crippen molar-refractivity contribution in [2.24, 2.45) is 68.0 Å². The van der Waals surface area contributed by atoms with Gasteiger partial charge in [0.2, 0.25) is 11.6 Å². The summed E-state index contributed by atoms with van der Waals surface area (Å²) in [6.45, 7) is 9.99. The molecular formula is C42H54O12. The van der Waals surface area contributed by atoms with Crippen LogP contribution in [0.3, 0.4) is 0 Å². The zero-order chi connectivity index (χ0) is 37.3. The smallest absolute Gasteiger partial charge is 0.302 e. The van der Waals surface area contributed by atoms with Crippen LogP contribution in [0.15, 0.2) is 11.3 Å². The van der Waals surface area contributed by atoms with Gasteiger partial charge in [0.05, 0.1) is 12.2 Å². The highest BCUT2D eigenvalue weighted by Gasteiger charge is 2.97. The molecule has 294 valence electrons. The summed E-state index contributed by atoms with van der Waals surface area (Å²) in [5.41, 5.74) is -5.58. The molecule has 7 saturated carbocycles. The number of esters is 1. The molecule has 0 aromatic carbocycles. The Morgan fingerprint density at radius 2 is 1.39 bits per heavy atom. The first-order valence-electron chi connectivity index (χ1n) is 21.1. The zero-order valence-corrected chi connectivity index (χ0v) is 31.8. The lowest BCUT2D eigenvalue weighted by atomic mass is 9.34. The summed E-state index contributed by atoms with van der Waals surface area (Å²) in [6, 6.07) is 0. The summed E-state index contributed by atoms with van der Waals surface area (Å²) in [6.07, 6.45) is 1.62. The minimum Gasteiger partial charge on any atom is -0.483 e. The first-order chi connectivity index (χ1) is 25.5. The van der Waals surface area contributed by atoms with E-state index in [1.165, 1.54) is 6.92 Å². The van der Waals surface area contributed by atoms with Crippen LogP contribution >= 0.6 is 0 Å². The number of fused-ring (bicyclic) bond motifs is 2. The van der Waals surface area contributed by atoms with E-state index in [0.29, 0.717) is 31.4 Å². The van der Waals surface area contributed by atoms with Gasteiger partial charge in [-0.25, -0.2) is 0 Å². The summed E-state index contributed by atoms with van der Waals surface area (Å²) in [7, 11) is 0. The number of carbonyl (C=O) groups is 2. The molecule has 12 heteroatoms. The van der Waals surface area contributed by atoms with Crippen LogP contribution in [0.25, 0.3) is 0 Å². The Morgan fingerprint density at radius 1 is 0.778 bits per heavy atom. The van der Waals surface area contributed by atoms with Crippen molar-refractivity contribution in [3.63, 3.8) is 0 Å². The number of Topliss-reactive ketones (excluding diaryl/α,β-unsaturated/α-hetero) is 1. The maximum Gasteiger partial charge on any atom is 0.302 e. The van der Waals surface area contributed by atoms with E-state index in [2.05, 4.69) is 27.7 Å². The third kappa shape index (κ3) is 2.77. The van der Waals surface area contributed by atoms with Gasteiger partial charge < -0.3 is 48.8 Å². The molecule has 8 saturated heterocycles. The number of ketones is 1. The predicted molar refractivity (Wildman–Crippen MR) is 182 cm³/mol. The molecule has 0 aromatic heterocycles. The Bertz CT molecular complexity index is 1890. The topological polar surface area (TPSA) is 170 Å². The molecule has 0 radical (unpaired) electrons. The lowest BCUT2D eigenvalue weighted by Gasteiger charge is -2.80. The van der Waals surface area contributed by atoms with Crippen molar-refractivity contribution in [2.45, 2.75) is 166 Å². The summed E-state index contributed by atoms with van der Waals surface area (Å²) in [5, 5.41) is 51.2. The second-order valence-corrected chi connectivity index (χ2v) is 21.8. The van der Waals surface area contributed by atoms with Crippen molar-refractivity contribution in [2.75, 3.05) is 0 Å². The van der Waals surface area contributed by atoms with Gasteiger partial charge in [0.15, 0.2) is 24.0 Å². The van der Waals surface area contributed by atoms with Crippen LogP contribution in [-0.4, -0.2) is 92.5 Å². The summed E-state index contributed by atoms with van der Waals surface area (Å²) < 4.78 is 41.0. The second-order valence-electron chi connectivity index (χ2n) is 21.8. The van der Waals surface area contributed by atoms with E-state index in [1.807, 2.05) is 0 Å². The van der Waals surface area contributed by atoms with Gasteiger partial charge in [0.25, 0.3) is 0 Å². The van der Waals surface area contributed by atoms with E-state index in [1.54, 1.807) is 0 Å². The highest BCUT2D eigenvalue weighted by atomic mass is 16.8. The van der Waals surface area contributed by atoms with Gasteiger partial charge in [-0.05, 0) is 80.1 Å². The predicted octanol–water partition coefficient (Wildman–Crippen LogP) is 3.21. The molecule has 12 nitrogen and oxygen atoms in total. The molecule has 5 spiro atoms. The minimum absolute atomic E-state index is 0.0483. The molecule has 17 rings (SSSR count). The summed E-state index contributed by atoms with van der Waals surface area (Å²) in [5.74, 6) is -6.70. The van der Waals surface area contributed by atoms with Crippen molar-refractivity contribution in [1.82, 2.24) is 0 Å². The molecule has 15 fully saturated rings. The average Bonchev–Trinajstić information content (AvgIpc) is 3.34. The second kappa shape index (κ2) is 8.99. The molecule has 54 heavy (non-hydrogen) atoms. The van der Waals surface area contributed by atoms with Crippen LogP contribution in [0.5, 0.6) is 0 Å². The van der Waals surface area contributed by atoms with Crippen LogP contribution in [0, 0.1) is 68.0 Å². The van der Waals surface area contributed by atoms with Gasteiger partial charge in [-0.2, -0.15) is 0 Å². The normalized spacial score (nSPS) is 64.5. The van der Waals surface area contributed by atoms with Gasteiger partial charge in [-0.15, -0.1) is 0 Å². The number of aliphatic hydroxyl groups excluding tert-OH is 2. The van der Waals surface area contributed by atoms with E-state index in [0.717, 1.165) is 50.5 Å². The SMILES string of the molecule is CC(=O)O[C@H]1C[C@@H]2[C@@H]3OC4O[C@@]5(O)[C@@H](O)[C@@H]6C(C)(C)CCC[C@]46[C@H]1[C@]35C(=O)[C@]21CCC2=C(O1)[C@@]13[C@H]4OC5O[C@@]1(O)[C@@H](O)[C@@H]1C(C)(C)CCC[C@]51[C@@H]3CC[C@@H]24. The van der Waals surface area contributed by atoms with Crippen molar-refractivity contribution >= 4 is 11.8 Å². The monoisotopic (exact) mass is 750 g/mol. The molecule has 0 aromatic rings. The van der Waals surface area contributed by atoms with Crippen LogP contribution in [-0.2, 0) is 38.0 Å². The number of ether oxygens (including phenoxy) is 6. The average molecular weight is 751 g/mol. The number of hydrogen-bond acceptors (Lipinski definition) is 12. The fraction of sp³-hybridized carbons (Fsp3) is 0.905. The fourth-order valence-electron chi connectivity index (χ4n) is 18.9. The molecule has 0 amide bonds. The minimum atomic E-state index is -2.29. The number of aliphatic hydroxyl groups is 4. The van der Waals surface area contributed by atoms with Crippen LogP contribution < -0.4 is 0 Å². The van der Waals surface area contributed by atoms with Gasteiger partial charge in [0, 0.05) is 47.3 Å². The molecule has 9 heterocycles. The summed E-state index contributed by atoms with van der Waals surface area (Å²) in [4.78, 5) is 29.2. The third-order valence-corrected chi connectivity index (χ3v) is 19.7. The lowest BCUT2D eigenvalue weighted by Crippen LogP contribution is -2.91. The van der Waals surface area contributed by atoms with Crippen molar-refractivity contribution in [3.05, 3.63) is 11.3 Å². The summed E-state index contributed by atoms with van der Waals surface area (Å²) >= 11 is 0. The van der Waals surface area contributed by atoms with E-state index >= 15 is 4.79 Å². The lowest BCUT2D eigenvalue weighted by molar-refractivity contribution is -0.557. The van der Waals surface area contributed by atoms with Gasteiger partial charge in [0.1, 0.15) is 34.9 Å². The molecular weight excluding hydrogens is 696 g/mol. The van der Waals surface area contributed by atoms with E-state index in [9.17, 15) is 25.2 Å². The Morgan fingerprint density at radius 3 is 2.07 bits per heavy atom. The molecule has 2 unspecified atom stereocenters. The van der Waals surface area contributed by atoms with Crippen molar-refractivity contribution in [1.29, 1.82) is 0 Å². The molecule has 20 atom stereocenters. The van der Waals surface area contributed by atoms with Gasteiger partial charge >= 0.3 is 5.97 Å². The van der Waals surface area contributed by atoms with Crippen molar-refractivity contribution in [3.8, 4) is 0 Å². The van der Waals surface area contributed by atoms with E-state index in [-0.39, 0.29) is 29.0 Å². The first kappa shape index (κ1) is 33.3. The largest absolute Gasteiger partial charge is 0.483 e. The standard InChI is InChI=1S/C42H54O12/c1-17(43)49-21-16-20-30-40(23(21)37-14-7-12-35(4,5)25(37)27(45)42(40,48)54-33(37)51-30)31(46)38(20)15-10-19-18-8-9-22-36-13-6-11-34(2,3)24(36)26(44)41(47)39(22,29(19)52-38)28(18)50-32(36)53-41/h18,20-28,30,32-33,44-45,47-48H,6-16H2,1-5H3/t18-,20+,21-,22-,23-,24+,25+,26-,27-,28-,30-,32?,33?,36+,37+,38-,39+,40+,41-,42-/m0/s1. The Kier molecular flexibility index (Phi) is 5.55. The fourth-order valence-corrected chi connectivity index (χ4v) is 18.9. The molecule has 8 aliphatic carbocycles. The Labute approximate surface area is 314 Å². The zero-order valence-electron chi connectivity index (χ0n) is 31.8. The highest BCUT2D eigenvalue weighted by Crippen LogP contribution is 2.86. The highest BCUT2D eigenvalue weighted by molar-refractivity contribution is 5.99. The maximum atomic E-state index is 16.2.